The largest absolute Gasteiger partial charge is 0.453 e. The van der Waals surface area contributed by atoms with Gasteiger partial charge in [-0.25, -0.2) is 4.79 Å². The van der Waals surface area contributed by atoms with E-state index in [-0.39, 0.29) is 0 Å². The van der Waals surface area contributed by atoms with Gasteiger partial charge < -0.3 is 30.1 Å². The molecule has 1 aliphatic heterocycles. The summed E-state index contributed by atoms with van der Waals surface area (Å²) < 4.78 is 9.23. The van der Waals surface area contributed by atoms with Crippen LogP contribution in [-0.2, 0) is 9.47 Å². The molecule has 4 N–H and O–H groups in total. The molecule has 1 fully saturated rings. The Morgan fingerprint density at radius 2 is 2.20 bits per heavy atom. The monoisotopic (exact) mass is 220 g/mol. The maximum absolute atomic E-state index is 10.8. The maximum atomic E-state index is 10.8. The lowest BCUT2D eigenvalue weighted by atomic mass is 9.99. The van der Waals surface area contributed by atoms with E-state index in [1.807, 2.05) is 0 Å². The Bertz CT molecular complexity index is 223. The van der Waals surface area contributed by atoms with Crippen LogP contribution >= 0.6 is 0 Å². The zero-order valence-electron chi connectivity index (χ0n) is 8.16. The number of rotatable bonds is 2. The average molecular weight is 220 g/mol. The Hall–Kier alpha value is -0.890. The van der Waals surface area contributed by atoms with Crippen LogP contribution in [0.15, 0.2) is 0 Å². The number of amides is 1. The molecule has 0 saturated carbocycles. The van der Waals surface area contributed by atoms with E-state index in [1.54, 1.807) is 0 Å². The first-order valence-electron chi connectivity index (χ1n) is 4.40. The van der Waals surface area contributed by atoms with E-state index in [2.05, 4.69) is 10.1 Å². The van der Waals surface area contributed by atoms with E-state index in [0.29, 0.717) is 0 Å². The number of carbonyl (C=O) groups is 1. The van der Waals surface area contributed by atoms with Crippen molar-refractivity contribution in [2.24, 2.45) is 0 Å². The SMILES string of the molecule is COC(=O)N[C@H]1[CH]O[C@H](CO)[C@@H](O)[C@@H]1O. The van der Waals surface area contributed by atoms with Crippen LogP contribution < -0.4 is 5.32 Å². The van der Waals surface area contributed by atoms with Gasteiger partial charge in [0, 0.05) is 0 Å². The fourth-order valence-corrected chi connectivity index (χ4v) is 1.24. The molecule has 0 unspecified atom stereocenters. The van der Waals surface area contributed by atoms with E-state index in [4.69, 9.17) is 9.84 Å². The van der Waals surface area contributed by atoms with Crippen molar-refractivity contribution in [1.82, 2.24) is 5.32 Å². The summed E-state index contributed by atoms with van der Waals surface area (Å²) in [6, 6.07) is -0.866. The van der Waals surface area contributed by atoms with Gasteiger partial charge in [-0.05, 0) is 0 Å². The highest BCUT2D eigenvalue weighted by atomic mass is 16.5. The number of aliphatic hydroxyl groups excluding tert-OH is 3. The van der Waals surface area contributed by atoms with Gasteiger partial charge in [0.1, 0.15) is 24.9 Å². The molecular weight excluding hydrogens is 206 g/mol. The molecule has 0 aromatic rings. The quantitative estimate of drug-likeness (QED) is 0.428. The van der Waals surface area contributed by atoms with Crippen LogP contribution in [0.2, 0.25) is 0 Å². The second kappa shape index (κ2) is 5.26. The Labute approximate surface area is 86.6 Å². The minimum Gasteiger partial charge on any atom is -0.453 e. The average Bonchev–Trinajstić information content (AvgIpc) is 2.25. The molecule has 1 saturated heterocycles. The molecule has 0 bridgehead atoms. The summed E-state index contributed by atoms with van der Waals surface area (Å²) >= 11 is 0. The molecular formula is C8H14NO6. The maximum Gasteiger partial charge on any atom is 0.407 e. The topological polar surface area (TPSA) is 108 Å². The van der Waals surface area contributed by atoms with Gasteiger partial charge in [0.25, 0.3) is 0 Å². The number of nitrogens with one attached hydrogen (secondary N) is 1. The van der Waals surface area contributed by atoms with Crippen molar-refractivity contribution in [3.63, 3.8) is 0 Å². The van der Waals surface area contributed by atoms with E-state index in [0.717, 1.165) is 6.61 Å². The minimum absolute atomic E-state index is 0.417. The van der Waals surface area contributed by atoms with E-state index in [9.17, 15) is 15.0 Å². The molecule has 1 amide bonds. The highest BCUT2D eigenvalue weighted by Crippen LogP contribution is 2.18. The highest BCUT2D eigenvalue weighted by molar-refractivity contribution is 5.67. The number of aliphatic hydroxyl groups is 3. The fraction of sp³-hybridized carbons (Fsp3) is 0.750. The molecule has 1 aliphatic rings. The van der Waals surface area contributed by atoms with Gasteiger partial charge in [0.2, 0.25) is 0 Å². The van der Waals surface area contributed by atoms with Crippen molar-refractivity contribution < 1.29 is 29.6 Å². The Kier molecular flexibility index (Phi) is 4.28. The van der Waals surface area contributed by atoms with Crippen molar-refractivity contribution >= 4 is 6.09 Å². The lowest BCUT2D eigenvalue weighted by molar-refractivity contribution is -0.136. The third kappa shape index (κ3) is 2.78. The summed E-state index contributed by atoms with van der Waals surface area (Å²) in [5.41, 5.74) is 0. The lowest BCUT2D eigenvalue weighted by Crippen LogP contribution is -2.58. The molecule has 87 valence electrons. The van der Waals surface area contributed by atoms with Gasteiger partial charge in [-0.3, -0.25) is 0 Å². The number of carbonyl (C=O) groups excluding carboxylic acids is 1. The molecule has 7 nitrogen and oxygen atoms in total. The van der Waals surface area contributed by atoms with Crippen LogP contribution in [0, 0.1) is 6.61 Å². The van der Waals surface area contributed by atoms with Crippen LogP contribution in [0.25, 0.3) is 0 Å². The molecule has 1 rings (SSSR count). The van der Waals surface area contributed by atoms with Crippen LogP contribution in [0.1, 0.15) is 0 Å². The third-order valence-electron chi connectivity index (χ3n) is 2.15. The molecule has 0 aromatic carbocycles. The molecule has 1 heterocycles. The van der Waals surface area contributed by atoms with Crippen LogP contribution in [0.5, 0.6) is 0 Å². The molecule has 4 atom stereocenters. The van der Waals surface area contributed by atoms with Crippen molar-refractivity contribution in [1.29, 1.82) is 0 Å². The molecule has 7 heteroatoms. The van der Waals surface area contributed by atoms with Gasteiger partial charge in [-0.2, -0.15) is 0 Å². The lowest BCUT2D eigenvalue weighted by Gasteiger charge is -2.36. The summed E-state index contributed by atoms with van der Waals surface area (Å²) in [4.78, 5) is 10.8. The second-order valence-corrected chi connectivity index (χ2v) is 3.14. The Balaban J connectivity index is 2.52. The number of methoxy groups -OCH3 is 1. The third-order valence-corrected chi connectivity index (χ3v) is 2.15. The summed E-state index contributed by atoms with van der Waals surface area (Å²) in [6.07, 6.45) is -4.12. The van der Waals surface area contributed by atoms with Gasteiger partial charge in [0.15, 0.2) is 0 Å². The predicted octanol–water partition coefficient (Wildman–Crippen LogP) is -2.01. The number of ether oxygens (including phenoxy) is 2. The standard InChI is InChI=1S/C8H14NO6/c1-14-8(13)9-4-3-15-5(2-10)7(12)6(4)11/h3-7,10-12H,2H2,1H3,(H,9,13)/t4-,5+,6+,7+/m0/s1. The number of hydrogen-bond acceptors (Lipinski definition) is 6. The fourth-order valence-electron chi connectivity index (χ4n) is 1.24. The van der Waals surface area contributed by atoms with Crippen molar-refractivity contribution in [2.75, 3.05) is 13.7 Å². The second-order valence-electron chi connectivity index (χ2n) is 3.14. The van der Waals surface area contributed by atoms with E-state index in [1.165, 1.54) is 7.11 Å². The van der Waals surface area contributed by atoms with Crippen LogP contribution in [-0.4, -0.2) is 59.5 Å². The van der Waals surface area contributed by atoms with Gasteiger partial charge in [0.05, 0.1) is 19.8 Å². The molecule has 1 radical (unpaired) electrons. The first-order chi connectivity index (χ1) is 7.10. The normalized spacial score (nSPS) is 36.0. The van der Waals surface area contributed by atoms with Crippen molar-refractivity contribution in [2.45, 2.75) is 24.4 Å². The van der Waals surface area contributed by atoms with Crippen LogP contribution in [0.4, 0.5) is 4.79 Å². The Morgan fingerprint density at radius 3 is 2.73 bits per heavy atom. The zero-order valence-corrected chi connectivity index (χ0v) is 8.16. The summed E-state index contributed by atoms with van der Waals surface area (Å²) in [7, 11) is 1.18. The van der Waals surface area contributed by atoms with Crippen LogP contribution in [0.3, 0.4) is 0 Å². The van der Waals surface area contributed by atoms with Gasteiger partial charge in [-0.1, -0.05) is 0 Å². The Morgan fingerprint density at radius 1 is 1.53 bits per heavy atom. The van der Waals surface area contributed by atoms with Crippen molar-refractivity contribution in [3.05, 3.63) is 6.61 Å². The van der Waals surface area contributed by atoms with E-state index >= 15 is 0 Å². The summed E-state index contributed by atoms with van der Waals surface area (Å²) in [6.45, 7) is 0.731. The summed E-state index contributed by atoms with van der Waals surface area (Å²) in [5, 5.41) is 30.0. The molecule has 0 spiro atoms. The first kappa shape index (κ1) is 12.2. The first-order valence-corrected chi connectivity index (χ1v) is 4.40. The number of alkyl carbamates (subject to hydrolysis) is 1. The zero-order chi connectivity index (χ0) is 11.4. The van der Waals surface area contributed by atoms with E-state index < -0.39 is 37.1 Å². The number of hydrogen-bond donors (Lipinski definition) is 4. The van der Waals surface area contributed by atoms with Gasteiger partial charge >= 0.3 is 6.09 Å². The highest BCUT2D eigenvalue weighted by Gasteiger charge is 2.39. The molecule has 0 aromatic heterocycles. The smallest absolute Gasteiger partial charge is 0.407 e. The molecule has 0 aliphatic carbocycles. The predicted molar refractivity (Wildman–Crippen MR) is 47.6 cm³/mol. The summed E-state index contributed by atoms with van der Waals surface area (Å²) in [5.74, 6) is 0. The minimum atomic E-state index is -1.26. The van der Waals surface area contributed by atoms with Crippen molar-refractivity contribution in [3.8, 4) is 0 Å². The molecule has 15 heavy (non-hydrogen) atoms. The van der Waals surface area contributed by atoms with Gasteiger partial charge in [-0.15, -0.1) is 0 Å².